The van der Waals surface area contributed by atoms with Crippen LogP contribution in [0.1, 0.15) is 18.4 Å². The molecule has 1 heterocycles. The molecule has 2 rings (SSSR count). The molecule has 5 nitrogen and oxygen atoms in total. The van der Waals surface area contributed by atoms with Crippen molar-refractivity contribution in [1.82, 2.24) is 10.6 Å². The van der Waals surface area contributed by atoms with E-state index < -0.39 is 0 Å². The molecule has 1 aliphatic rings. The molecule has 2 amide bonds. The summed E-state index contributed by atoms with van der Waals surface area (Å²) in [5.74, 6) is 0.519. The predicted molar refractivity (Wildman–Crippen MR) is 91.2 cm³/mol. The van der Waals surface area contributed by atoms with Crippen LogP contribution in [0.5, 0.6) is 0 Å². The highest BCUT2D eigenvalue weighted by Crippen LogP contribution is 2.10. The molecule has 0 aromatic heterocycles. The van der Waals surface area contributed by atoms with Crippen molar-refractivity contribution in [2.24, 2.45) is 0 Å². The average molecular weight is 321 g/mol. The lowest BCUT2D eigenvalue weighted by Crippen LogP contribution is -2.46. The summed E-state index contributed by atoms with van der Waals surface area (Å²) in [5.41, 5.74) is 1.94. The van der Waals surface area contributed by atoms with Gasteiger partial charge in [-0.1, -0.05) is 17.7 Å². The summed E-state index contributed by atoms with van der Waals surface area (Å²) in [6.07, 6.45) is 2.12. The van der Waals surface area contributed by atoms with Crippen molar-refractivity contribution in [2.75, 3.05) is 29.9 Å². The van der Waals surface area contributed by atoms with Gasteiger partial charge in [-0.25, -0.2) is 0 Å². The highest BCUT2D eigenvalue weighted by atomic mass is 32.2. The van der Waals surface area contributed by atoms with Gasteiger partial charge in [0.05, 0.1) is 11.5 Å². The maximum Gasteiger partial charge on any atom is 0.234 e. The van der Waals surface area contributed by atoms with E-state index in [-0.39, 0.29) is 23.6 Å². The van der Waals surface area contributed by atoms with E-state index in [1.54, 1.807) is 0 Å². The highest BCUT2D eigenvalue weighted by Gasteiger charge is 2.15. The van der Waals surface area contributed by atoms with Crippen molar-refractivity contribution < 1.29 is 9.59 Å². The van der Waals surface area contributed by atoms with Crippen LogP contribution in [0.4, 0.5) is 5.69 Å². The van der Waals surface area contributed by atoms with Crippen LogP contribution in [0.25, 0.3) is 0 Å². The smallest absolute Gasteiger partial charge is 0.234 e. The zero-order valence-electron chi connectivity index (χ0n) is 12.9. The van der Waals surface area contributed by atoms with Crippen LogP contribution in [0, 0.1) is 6.92 Å². The van der Waals surface area contributed by atoms with Gasteiger partial charge in [-0.05, 0) is 38.4 Å². The molecule has 1 aliphatic heterocycles. The first-order valence-electron chi connectivity index (χ1n) is 7.58. The van der Waals surface area contributed by atoms with E-state index in [1.165, 1.54) is 11.8 Å². The summed E-state index contributed by atoms with van der Waals surface area (Å²) < 4.78 is 0. The Labute approximate surface area is 135 Å². The van der Waals surface area contributed by atoms with Gasteiger partial charge in [-0.3, -0.25) is 9.59 Å². The summed E-state index contributed by atoms with van der Waals surface area (Å²) >= 11 is 1.34. The Morgan fingerprint density at radius 3 is 2.64 bits per heavy atom. The monoisotopic (exact) mass is 321 g/mol. The third-order valence-corrected chi connectivity index (χ3v) is 4.40. The zero-order chi connectivity index (χ0) is 15.8. The second-order valence-corrected chi connectivity index (χ2v) is 6.50. The number of thioether (sulfide) groups is 1. The summed E-state index contributed by atoms with van der Waals surface area (Å²) in [6.45, 7) is 3.87. The number of nitrogens with one attached hydrogen (secondary N) is 3. The third-order valence-electron chi connectivity index (χ3n) is 3.46. The fourth-order valence-electron chi connectivity index (χ4n) is 2.31. The number of aryl methyl sites for hydroxylation is 1. The van der Waals surface area contributed by atoms with Gasteiger partial charge < -0.3 is 16.0 Å². The Bertz CT molecular complexity index is 499. The molecule has 0 saturated carbocycles. The fourth-order valence-corrected chi connectivity index (χ4v) is 2.94. The van der Waals surface area contributed by atoms with Gasteiger partial charge in [0.15, 0.2) is 0 Å². The summed E-state index contributed by atoms with van der Waals surface area (Å²) in [5, 5.41) is 9.08. The molecule has 6 heteroatoms. The molecule has 0 radical (unpaired) electrons. The second kappa shape index (κ2) is 8.80. The maximum atomic E-state index is 11.8. The molecular weight excluding hydrogens is 298 g/mol. The topological polar surface area (TPSA) is 70.2 Å². The van der Waals surface area contributed by atoms with Crippen LogP contribution in [-0.2, 0) is 9.59 Å². The Morgan fingerprint density at radius 1 is 1.23 bits per heavy atom. The first-order valence-corrected chi connectivity index (χ1v) is 8.73. The normalized spacial score (nSPS) is 17.8. The van der Waals surface area contributed by atoms with Gasteiger partial charge in [0.25, 0.3) is 0 Å². The zero-order valence-corrected chi connectivity index (χ0v) is 13.7. The lowest BCUT2D eigenvalue weighted by Gasteiger charge is -2.23. The van der Waals surface area contributed by atoms with Crippen molar-refractivity contribution in [2.45, 2.75) is 25.8 Å². The van der Waals surface area contributed by atoms with Crippen molar-refractivity contribution in [1.29, 1.82) is 0 Å². The molecular formula is C16H23N3O2S. The minimum absolute atomic E-state index is 0.00170. The number of hydrogen-bond donors (Lipinski definition) is 3. The summed E-state index contributed by atoms with van der Waals surface area (Å²) in [7, 11) is 0. The first-order chi connectivity index (χ1) is 10.6. The van der Waals surface area contributed by atoms with Gasteiger partial charge in [-0.2, -0.15) is 0 Å². The van der Waals surface area contributed by atoms with Crippen LogP contribution in [0.3, 0.4) is 0 Å². The lowest BCUT2D eigenvalue weighted by atomic mass is 10.1. The molecule has 1 unspecified atom stereocenters. The number of carbonyl (C=O) groups is 2. The number of benzene rings is 1. The van der Waals surface area contributed by atoms with E-state index in [0.717, 1.165) is 37.2 Å². The van der Waals surface area contributed by atoms with E-state index in [0.29, 0.717) is 5.75 Å². The molecule has 1 aromatic carbocycles. The van der Waals surface area contributed by atoms with E-state index in [1.807, 2.05) is 31.2 Å². The third kappa shape index (κ3) is 6.07. The SMILES string of the molecule is Cc1ccc(NC(=O)CSCC(=O)NC2CCCNC2)cc1. The Kier molecular flexibility index (Phi) is 6.74. The van der Waals surface area contributed by atoms with Crippen molar-refractivity contribution in [3.05, 3.63) is 29.8 Å². The van der Waals surface area contributed by atoms with Gasteiger partial charge in [-0.15, -0.1) is 11.8 Å². The quantitative estimate of drug-likeness (QED) is 0.743. The molecule has 0 bridgehead atoms. The number of amides is 2. The van der Waals surface area contributed by atoms with E-state index in [9.17, 15) is 9.59 Å². The van der Waals surface area contributed by atoms with Crippen LogP contribution in [0.2, 0.25) is 0 Å². The molecule has 22 heavy (non-hydrogen) atoms. The largest absolute Gasteiger partial charge is 0.351 e. The van der Waals surface area contributed by atoms with Crippen LogP contribution in [-0.4, -0.2) is 42.5 Å². The minimum Gasteiger partial charge on any atom is -0.351 e. The average Bonchev–Trinajstić information content (AvgIpc) is 2.50. The molecule has 1 saturated heterocycles. The first kappa shape index (κ1) is 16.8. The Morgan fingerprint density at radius 2 is 1.95 bits per heavy atom. The van der Waals surface area contributed by atoms with Crippen molar-refractivity contribution in [3.8, 4) is 0 Å². The highest BCUT2D eigenvalue weighted by molar-refractivity contribution is 8.00. The Balaban J connectivity index is 1.61. The molecule has 1 fully saturated rings. The van der Waals surface area contributed by atoms with Crippen LogP contribution >= 0.6 is 11.8 Å². The summed E-state index contributed by atoms with van der Waals surface area (Å²) in [6, 6.07) is 7.88. The summed E-state index contributed by atoms with van der Waals surface area (Å²) in [4.78, 5) is 23.6. The van der Waals surface area contributed by atoms with Crippen LogP contribution < -0.4 is 16.0 Å². The number of hydrogen-bond acceptors (Lipinski definition) is 4. The van der Waals surface area contributed by atoms with Crippen molar-refractivity contribution >= 4 is 29.3 Å². The minimum atomic E-state index is -0.0824. The van der Waals surface area contributed by atoms with Gasteiger partial charge >= 0.3 is 0 Å². The molecule has 1 aromatic rings. The molecule has 120 valence electrons. The number of anilines is 1. The fraction of sp³-hybridized carbons (Fsp3) is 0.500. The van der Waals surface area contributed by atoms with Crippen LogP contribution in [0.15, 0.2) is 24.3 Å². The van der Waals surface area contributed by atoms with E-state index >= 15 is 0 Å². The van der Waals surface area contributed by atoms with Gasteiger partial charge in [0, 0.05) is 18.3 Å². The molecule has 0 aliphatic carbocycles. The number of carbonyl (C=O) groups excluding carboxylic acids is 2. The predicted octanol–water partition coefficient (Wildman–Crippen LogP) is 1.53. The lowest BCUT2D eigenvalue weighted by molar-refractivity contribution is -0.119. The molecule has 1 atom stereocenters. The Hall–Kier alpha value is -1.53. The molecule has 0 spiro atoms. The molecule has 3 N–H and O–H groups in total. The standard InChI is InChI=1S/C16H23N3O2S/c1-12-4-6-13(7-5-12)18-15(20)10-22-11-16(21)19-14-3-2-8-17-9-14/h4-7,14,17H,2-3,8-11H2,1H3,(H,18,20)(H,19,21). The van der Waals surface area contributed by atoms with E-state index in [4.69, 9.17) is 0 Å². The van der Waals surface area contributed by atoms with Crippen molar-refractivity contribution in [3.63, 3.8) is 0 Å². The number of piperidine rings is 1. The number of rotatable bonds is 6. The van der Waals surface area contributed by atoms with Gasteiger partial charge in [0.1, 0.15) is 0 Å². The van der Waals surface area contributed by atoms with E-state index in [2.05, 4.69) is 16.0 Å². The maximum absolute atomic E-state index is 11.8. The second-order valence-electron chi connectivity index (χ2n) is 5.52. The van der Waals surface area contributed by atoms with Gasteiger partial charge in [0.2, 0.25) is 11.8 Å².